The first kappa shape index (κ1) is 5.59. The van der Waals surface area contributed by atoms with E-state index >= 15 is 0 Å². The summed E-state index contributed by atoms with van der Waals surface area (Å²) in [4.78, 5) is 0. The van der Waals surface area contributed by atoms with Crippen LogP contribution in [0.5, 0.6) is 0 Å². The van der Waals surface area contributed by atoms with Gasteiger partial charge in [0, 0.05) is 11.5 Å². The summed E-state index contributed by atoms with van der Waals surface area (Å²) >= 11 is 0. The molecule has 0 saturated heterocycles. The van der Waals surface area contributed by atoms with Crippen LogP contribution in [0.25, 0.3) is 0 Å². The van der Waals surface area contributed by atoms with Gasteiger partial charge in [0.2, 0.25) is 0 Å². The van der Waals surface area contributed by atoms with Crippen LogP contribution in [0, 0.1) is 0 Å². The Morgan fingerprint density at radius 3 is 3.00 bits per heavy atom. The molecule has 0 nitrogen and oxygen atoms in total. The van der Waals surface area contributed by atoms with Crippen LogP contribution in [-0.4, -0.2) is 0 Å². The molecule has 0 aliphatic carbocycles. The van der Waals surface area contributed by atoms with Gasteiger partial charge >= 0.3 is 0 Å². The third kappa shape index (κ3) is 0.936. The quantitative estimate of drug-likeness (QED) is 0.501. The minimum Gasteiger partial charge on any atom is -0.0661 e. The van der Waals surface area contributed by atoms with Crippen molar-refractivity contribution in [3.8, 4) is 0 Å². The molecule has 0 spiro atoms. The molecule has 0 saturated carbocycles. The predicted molar refractivity (Wildman–Crippen MR) is 43.6 cm³/mol. The number of hydrogen-bond acceptors (Lipinski definition) is 0. The van der Waals surface area contributed by atoms with E-state index in [1.807, 2.05) is 0 Å². The summed E-state index contributed by atoms with van der Waals surface area (Å²) in [5.41, 5.74) is 1.54. The summed E-state index contributed by atoms with van der Waals surface area (Å²) in [6.07, 6.45) is 1.26. The molecule has 0 radical (unpaired) electrons. The molecule has 0 aromatic heterocycles. The fraction of sp³-hybridized carbons (Fsp3) is 0.143. The van der Waals surface area contributed by atoms with Crippen LogP contribution >= 0.6 is 15.7 Å². The molecule has 0 unspecified atom stereocenters. The zero-order valence-electron chi connectivity index (χ0n) is 4.91. The fourth-order valence-electron chi connectivity index (χ4n) is 0.930. The van der Waals surface area contributed by atoms with Gasteiger partial charge in [-0.3, -0.25) is 0 Å². The Hall–Kier alpha value is -0.180. The minimum absolute atomic E-state index is 1.26. The third-order valence-corrected chi connectivity index (χ3v) is 4.18. The second-order valence-electron chi connectivity index (χ2n) is 2.03. The van der Waals surface area contributed by atoms with Crippen LogP contribution in [0.15, 0.2) is 24.3 Å². The van der Waals surface area contributed by atoms with Crippen molar-refractivity contribution in [1.29, 1.82) is 0 Å². The standard InChI is InChI=1S/C7H6P2/c1-2-4-7-6(3-1)5-8-9-7/h1-4H,5H2. The van der Waals surface area contributed by atoms with Gasteiger partial charge in [-0.2, -0.15) is 0 Å². The highest BCUT2D eigenvalue weighted by Crippen LogP contribution is 2.28. The van der Waals surface area contributed by atoms with Gasteiger partial charge in [0.05, 0.1) is 0 Å². The molecule has 1 heterocycles. The van der Waals surface area contributed by atoms with E-state index in [0.717, 1.165) is 0 Å². The fourth-order valence-corrected chi connectivity index (χ4v) is 3.85. The van der Waals surface area contributed by atoms with Crippen molar-refractivity contribution in [2.45, 2.75) is 6.16 Å². The normalized spacial score (nSPS) is 17.3. The van der Waals surface area contributed by atoms with Crippen molar-refractivity contribution in [1.82, 2.24) is 0 Å². The van der Waals surface area contributed by atoms with E-state index in [-0.39, 0.29) is 0 Å². The topological polar surface area (TPSA) is 0 Å². The van der Waals surface area contributed by atoms with Gasteiger partial charge in [-0.15, -0.1) is 0 Å². The summed E-state index contributed by atoms with van der Waals surface area (Å²) in [6.45, 7) is 0. The van der Waals surface area contributed by atoms with Crippen molar-refractivity contribution in [2.24, 2.45) is 0 Å². The van der Waals surface area contributed by atoms with Crippen LogP contribution in [0.3, 0.4) is 0 Å². The Morgan fingerprint density at radius 1 is 1.22 bits per heavy atom. The maximum absolute atomic E-state index is 2.22. The zero-order chi connectivity index (χ0) is 6.10. The first-order valence-electron chi connectivity index (χ1n) is 2.92. The van der Waals surface area contributed by atoms with E-state index in [1.54, 1.807) is 13.4 Å². The summed E-state index contributed by atoms with van der Waals surface area (Å²) < 4.78 is 0. The number of fused-ring (bicyclic) bond motifs is 1. The summed E-state index contributed by atoms with van der Waals surface area (Å²) in [5, 5.41) is 1.53. The SMILES string of the molecule is c1ccc2c(c1)CP=P2. The number of benzene rings is 1. The largest absolute Gasteiger partial charge is 0.0661 e. The monoisotopic (exact) mass is 152 g/mol. The molecule has 44 valence electrons. The van der Waals surface area contributed by atoms with Crippen LogP contribution in [0.4, 0.5) is 0 Å². The lowest BCUT2D eigenvalue weighted by Gasteiger charge is -1.91. The lowest BCUT2D eigenvalue weighted by Crippen LogP contribution is -1.93. The second-order valence-corrected chi connectivity index (χ2v) is 4.76. The molecule has 2 rings (SSSR count). The lowest BCUT2D eigenvalue weighted by molar-refractivity contribution is 1.47. The maximum atomic E-state index is 2.22. The summed E-state index contributed by atoms with van der Waals surface area (Å²) in [5.74, 6) is 0. The van der Waals surface area contributed by atoms with Crippen LogP contribution in [-0.2, 0) is 6.16 Å². The average molecular weight is 152 g/mol. The van der Waals surface area contributed by atoms with Gasteiger partial charge in [0.15, 0.2) is 0 Å². The van der Waals surface area contributed by atoms with E-state index < -0.39 is 0 Å². The minimum atomic E-state index is 1.26. The van der Waals surface area contributed by atoms with Crippen LogP contribution in [0.2, 0.25) is 0 Å². The summed E-state index contributed by atoms with van der Waals surface area (Å²) in [7, 11) is 3.04. The Kier molecular flexibility index (Phi) is 1.38. The van der Waals surface area contributed by atoms with Gasteiger partial charge in [-0.1, -0.05) is 26.1 Å². The first-order valence-corrected chi connectivity index (χ1v) is 5.60. The van der Waals surface area contributed by atoms with Gasteiger partial charge in [-0.05, 0) is 19.5 Å². The third-order valence-electron chi connectivity index (χ3n) is 1.41. The Bertz CT molecular complexity index is 253. The molecular weight excluding hydrogens is 146 g/mol. The molecule has 1 aliphatic heterocycles. The van der Waals surface area contributed by atoms with E-state index in [0.29, 0.717) is 0 Å². The molecule has 0 fully saturated rings. The van der Waals surface area contributed by atoms with Crippen molar-refractivity contribution < 1.29 is 0 Å². The Balaban J connectivity index is 2.63. The number of rotatable bonds is 0. The average Bonchev–Trinajstić information content (AvgIpc) is 2.33. The molecular formula is C7H6P2. The molecule has 9 heavy (non-hydrogen) atoms. The van der Waals surface area contributed by atoms with Crippen molar-refractivity contribution >= 4 is 21.0 Å². The van der Waals surface area contributed by atoms with Crippen molar-refractivity contribution in [3.63, 3.8) is 0 Å². The molecule has 1 aromatic carbocycles. The Morgan fingerprint density at radius 2 is 2.11 bits per heavy atom. The van der Waals surface area contributed by atoms with Crippen LogP contribution in [0.1, 0.15) is 5.56 Å². The molecule has 1 aliphatic rings. The van der Waals surface area contributed by atoms with Gasteiger partial charge < -0.3 is 0 Å². The smallest absolute Gasteiger partial charge is 0.0199 e. The molecule has 0 atom stereocenters. The molecule has 0 bridgehead atoms. The number of hydrogen-bond donors (Lipinski definition) is 0. The lowest BCUT2D eigenvalue weighted by atomic mass is 10.2. The molecule has 2 heteroatoms. The highest BCUT2D eigenvalue weighted by atomic mass is 31.7. The zero-order valence-corrected chi connectivity index (χ0v) is 6.70. The van der Waals surface area contributed by atoms with Gasteiger partial charge in [0.1, 0.15) is 0 Å². The van der Waals surface area contributed by atoms with Crippen molar-refractivity contribution in [3.05, 3.63) is 29.8 Å². The highest BCUT2D eigenvalue weighted by molar-refractivity contribution is 7.88. The van der Waals surface area contributed by atoms with Crippen molar-refractivity contribution in [2.75, 3.05) is 0 Å². The summed E-state index contributed by atoms with van der Waals surface area (Å²) in [6, 6.07) is 8.68. The Labute approximate surface area is 57.7 Å². The second kappa shape index (κ2) is 2.21. The van der Waals surface area contributed by atoms with E-state index in [1.165, 1.54) is 19.3 Å². The van der Waals surface area contributed by atoms with Gasteiger partial charge in [0.25, 0.3) is 0 Å². The molecule has 0 N–H and O–H groups in total. The van der Waals surface area contributed by atoms with Crippen LogP contribution < -0.4 is 5.30 Å². The predicted octanol–water partition coefficient (Wildman–Crippen LogP) is 2.63. The van der Waals surface area contributed by atoms with E-state index in [9.17, 15) is 0 Å². The molecule has 1 aromatic rings. The van der Waals surface area contributed by atoms with E-state index in [4.69, 9.17) is 0 Å². The maximum Gasteiger partial charge on any atom is 0.0199 e. The van der Waals surface area contributed by atoms with Gasteiger partial charge in [-0.25, -0.2) is 0 Å². The molecule has 0 amide bonds. The highest BCUT2D eigenvalue weighted by Gasteiger charge is 2.01. The first-order chi connectivity index (χ1) is 4.47. The van der Waals surface area contributed by atoms with E-state index in [2.05, 4.69) is 24.3 Å².